The smallest absolute Gasteiger partial charge is 0.330 e. The van der Waals surface area contributed by atoms with E-state index < -0.39 is 23.3 Å². The van der Waals surface area contributed by atoms with Gasteiger partial charge < -0.3 is 5.32 Å². The van der Waals surface area contributed by atoms with Gasteiger partial charge in [-0.3, -0.25) is 24.6 Å². The Hall–Kier alpha value is -1.92. The number of rotatable bonds is 4. The SMILES string of the molecule is O=C(CCN1C(=O)NC(=O)C2(CCC2)C1=O)NC1CC1. The van der Waals surface area contributed by atoms with Crippen LogP contribution in [0.15, 0.2) is 0 Å². The predicted octanol–water partition coefficient (Wildman–Crippen LogP) is -0.0962. The van der Waals surface area contributed by atoms with E-state index in [4.69, 9.17) is 0 Å². The van der Waals surface area contributed by atoms with Crippen molar-refractivity contribution in [3.63, 3.8) is 0 Å². The summed E-state index contributed by atoms with van der Waals surface area (Å²) in [6, 6.07) is -0.454. The van der Waals surface area contributed by atoms with Gasteiger partial charge in [0.15, 0.2) is 0 Å². The largest absolute Gasteiger partial charge is 0.353 e. The molecule has 0 bridgehead atoms. The summed E-state index contributed by atoms with van der Waals surface area (Å²) in [6.45, 7) is 0.0260. The van der Waals surface area contributed by atoms with Crippen molar-refractivity contribution in [2.45, 2.75) is 44.6 Å². The summed E-state index contributed by atoms with van der Waals surface area (Å²) in [5, 5.41) is 5.03. The van der Waals surface area contributed by atoms with E-state index in [1.165, 1.54) is 0 Å². The van der Waals surface area contributed by atoms with Gasteiger partial charge in [-0.25, -0.2) is 4.79 Å². The Kier molecular flexibility index (Phi) is 2.99. The molecule has 5 amide bonds. The molecule has 0 unspecified atom stereocenters. The standard InChI is InChI=1S/C13H17N3O4/c17-9(14-8-2-3-8)4-7-16-11(19)13(5-1-6-13)10(18)15-12(16)20/h8H,1-7H2,(H,14,17)(H,15,18,20). The number of urea groups is 1. The summed E-state index contributed by atoms with van der Waals surface area (Å²) in [4.78, 5) is 48.5. The molecule has 3 fully saturated rings. The molecule has 0 aromatic rings. The Bertz CT molecular complexity index is 494. The Morgan fingerprint density at radius 1 is 1.30 bits per heavy atom. The van der Waals surface area contributed by atoms with E-state index in [1.54, 1.807) is 0 Å². The summed E-state index contributed by atoms with van der Waals surface area (Å²) >= 11 is 0. The monoisotopic (exact) mass is 279 g/mol. The molecule has 0 radical (unpaired) electrons. The molecule has 1 spiro atoms. The molecule has 0 atom stereocenters. The number of nitrogens with one attached hydrogen (secondary N) is 2. The molecule has 1 saturated heterocycles. The van der Waals surface area contributed by atoms with Crippen LogP contribution in [0.3, 0.4) is 0 Å². The van der Waals surface area contributed by atoms with Crippen molar-refractivity contribution in [2.24, 2.45) is 5.41 Å². The topological polar surface area (TPSA) is 95.6 Å². The maximum Gasteiger partial charge on any atom is 0.330 e. The number of carbonyl (C=O) groups excluding carboxylic acids is 4. The molecule has 0 aromatic heterocycles. The second-order valence-electron chi connectivity index (χ2n) is 5.74. The zero-order valence-electron chi connectivity index (χ0n) is 11.1. The first-order valence-electron chi connectivity index (χ1n) is 7.00. The molecule has 3 aliphatic rings. The highest BCUT2D eigenvalue weighted by molar-refractivity contribution is 6.19. The highest BCUT2D eigenvalue weighted by atomic mass is 16.2. The Labute approximate surface area is 116 Å². The van der Waals surface area contributed by atoms with Crippen LogP contribution in [0, 0.1) is 5.41 Å². The zero-order valence-corrected chi connectivity index (χ0v) is 11.1. The van der Waals surface area contributed by atoms with Gasteiger partial charge >= 0.3 is 6.03 Å². The lowest BCUT2D eigenvalue weighted by Gasteiger charge is -2.44. The van der Waals surface area contributed by atoms with Crippen molar-refractivity contribution in [3.05, 3.63) is 0 Å². The summed E-state index contributed by atoms with van der Waals surface area (Å²) in [5.74, 6) is -1.10. The van der Waals surface area contributed by atoms with Gasteiger partial charge in [-0.1, -0.05) is 6.42 Å². The molecule has 108 valence electrons. The molecular formula is C13H17N3O4. The summed E-state index contributed by atoms with van der Waals surface area (Å²) in [6.07, 6.45) is 3.84. The third kappa shape index (κ3) is 2.07. The predicted molar refractivity (Wildman–Crippen MR) is 67.3 cm³/mol. The molecule has 3 rings (SSSR count). The zero-order chi connectivity index (χ0) is 14.3. The van der Waals surface area contributed by atoms with Gasteiger partial charge in [0.2, 0.25) is 17.7 Å². The van der Waals surface area contributed by atoms with E-state index in [0.717, 1.165) is 24.2 Å². The Morgan fingerprint density at radius 3 is 2.55 bits per heavy atom. The van der Waals surface area contributed by atoms with Crippen LogP contribution in [0.2, 0.25) is 0 Å². The number of barbiturate groups is 1. The molecule has 2 N–H and O–H groups in total. The molecule has 1 heterocycles. The lowest BCUT2D eigenvalue weighted by molar-refractivity contribution is -0.157. The minimum Gasteiger partial charge on any atom is -0.353 e. The van der Waals surface area contributed by atoms with Gasteiger partial charge in [0.1, 0.15) is 5.41 Å². The van der Waals surface area contributed by atoms with E-state index in [0.29, 0.717) is 12.8 Å². The third-order valence-corrected chi connectivity index (χ3v) is 4.27. The van der Waals surface area contributed by atoms with Crippen molar-refractivity contribution in [2.75, 3.05) is 6.54 Å². The van der Waals surface area contributed by atoms with Crippen LogP contribution in [0.25, 0.3) is 0 Å². The van der Waals surface area contributed by atoms with E-state index in [2.05, 4.69) is 10.6 Å². The Balaban J connectivity index is 1.62. The summed E-state index contributed by atoms with van der Waals surface area (Å²) in [5.41, 5.74) is -1.05. The molecule has 2 aliphatic carbocycles. The molecule has 7 nitrogen and oxygen atoms in total. The van der Waals surface area contributed by atoms with Gasteiger partial charge in [0.25, 0.3) is 0 Å². The molecule has 0 aromatic carbocycles. The van der Waals surface area contributed by atoms with Crippen molar-refractivity contribution in [1.82, 2.24) is 15.5 Å². The van der Waals surface area contributed by atoms with Crippen LogP contribution in [0.4, 0.5) is 4.79 Å². The average Bonchev–Trinajstić information content (AvgIpc) is 3.10. The van der Waals surface area contributed by atoms with Gasteiger partial charge in [0, 0.05) is 19.0 Å². The second-order valence-corrected chi connectivity index (χ2v) is 5.74. The molecule has 2 saturated carbocycles. The number of carbonyl (C=O) groups is 4. The number of hydrogen-bond donors (Lipinski definition) is 2. The first-order chi connectivity index (χ1) is 9.53. The fourth-order valence-electron chi connectivity index (χ4n) is 2.65. The van der Waals surface area contributed by atoms with Crippen LogP contribution in [0.5, 0.6) is 0 Å². The Morgan fingerprint density at radius 2 is 2.00 bits per heavy atom. The minimum atomic E-state index is -1.05. The molecular weight excluding hydrogens is 262 g/mol. The fraction of sp³-hybridized carbons (Fsp3) is 0.692. The molecule has 20 heavy (non-hydrogen) atoms. The number of amides is 5. The molecule has 7 heteroatoms. The normalized spacial score (nSPS) is 24.4. The summed E-state index contributed by atoms with van der Waals surface area (Å²) < 4.78 is 0. The molecule has 1 aliphatic heterocycles. The highest BCUT2D eigenvalue weighted by Gasteiger charge is 2.57. The lowest BCUT2D eigenvalue weighted by Crippen LogP contribution is -2.66. The number of nitrogens with zero attached hydrogens (tertiary/aromatic N) is 1. The van der Waals surface area contributed by atoms with Gasteiger partial charge in [-0.15, -0.1) is 0 Å². The van der Waals surface area contributed by atoms with Crippen LogP contribution >= 0.6 is 0 Å². The van der Waals surface area contributed by atoms with E-state index in [9.17, 15) is 19.2 Å². The number of imide groups is 2. The van der Waals surface area contributed by atoms with Gasteiger partial charge in [-0.05, 0) is 25.7 Å². The third-order valence-electron chi connectivity index (χ3n) is 4.27. The number of hydrogen-bond acceptors (Lipinski definition) is 4. The van der Waals surface area contributed by atoms with Crippen molar-refractivity contribution < 1.29 is 19.2 Å². The van der Waals surface area contributed by atoms with E-state index in [1.807, 2.05) is 0 Å². The van der Waals surface area contributed by atoms with Crippen LogP contribution in [0.1, 0.15) is 38.5 Å². The first-order valence-corrected chi connectivity index (χ1v) is 7.00. The second kappa shape index (κ2) is 4.57. The first kappa shape index (κ1) is 13.1. The van der Waals surface area contributed by atoms with E-state index in [-0.39, 0.29) is 24.9 Å². The van der Waals surface area contributed by atoms with Crippen molar-refractivity contribution in [1.29, 1.82) is 0 Å². The van der Waals surface area contributed by atoms with Gasteiger partial charge in [0.05, 0.1) is 0 Å². The lowest BCUT2D eigenvalue weighted by atomic mass is 9.66. The van der Waals surface area contributed by atoms with Crippen molar-refractivity contribution in [3.8, 4) is 0 Å². The van der Waals surface area contributed by atoms with Crippen LogP contribution < -0.4 is 10.6 Å². The van der Waals surface area contributed by atoms with Crippen LogP contribution in [-0.2, 0) is 14.4 Å². The fourth-order valence-corrected chi connectivity index (χ4v) is 2.65. The van der Waals surface area contributed by atoms with Crippen molar-refractivity contribution >= 4 is 23.8 Å². The highest BCUT2D eigenvalue weighted by Crippen LogP contribution is 2.44. The van der Waals surface area contributed by atoms with Gasteiger partial charge in [-0.2, -0.15) is 0 Å². The average molecular weight is 279 g/mol. The summed E-state index contributed by atoms with van der Waals surface area (Å²) in [7, 11) is 0. The quantitative estimate of drug-likeness (QED) is 0.703. The van der Waals surface area contributed by atoms with Crippen LogP contribution in [-0.4, -0.2) is 41.2 Å². The minimum absolute atomic E-state index is 0.0260. The maximum absolute atomic E-state index is 12.3. The van der Waals surface area contributed by atoms with E-state index >= 15 is 0 Å². The maximum atomic E-state index is 12.3.